The fourth-order valence-electron chi connectivity index (χ4n) is 1.89. The highest BCUT2D eigenvalue weighted by Crippen LogP contribution is 2.33. The molecule has 1 aromatic carbocycles. The van der Waals surface area contributed by atoms with Gasteiger partial charge in [-0.3, -0.25) is 9.78 Å². The van der Waals surface area contributed by atoms with Gasteiger partial charge in [-0.25, -0.2) is 0 Å². The van der Waals surface area contributed by atoms with Crippen LogP contribution >= 0.6 is 0 Å². The fourth-order valence-corrected chi connectivity index (χ4v) is 1.89. The summed E-state index contributed by atoms with van der Waals surface area (Å²) in [6, 6.07) is 6.69. The molecule has 2 aromatic rings. The van der Waals surface area contributed by atoms with Crippen molar-refractivity contribution in [2.45, 2.75) is 0 Å². The average molecular weight is 272 g/mol. The van der Waals surface area contributed by atoms with Crippen LogP contribution in [-0.4, -0.2) is 24.8 Å². The van der Waals surface area contributed by atoms with Crippen LogP contribution in [0.25, 0.3) is 0 Å². The highest BCUT2D eigenvalue weighted by atomic mass is 16.7. The van der Waals surface area contributed by atoms with Crippen LogP contribution in [0.1, 0.15) is 10.4 Å². The Hall–Kier alpha value is -2.76. The molecule has 6 nitrogen and oxygen atoms in total. The smallest absolute Gasteiger partial charge is 0.255 e. The molecule has 0 saturated carbocycles. The van der Waals surface area contributed by atoms with Crippen molar-refractivity contribution in [3.8, 4) is 17.2 Å². The molecule has 1 aromatic heterocycles. The molecular weight excluding hydrogens is 260 g/mol. The fraction of sp³-hybridized carbons (Fsp3) is 0.143. The van der Waals surface area contributed by atoms with Crippen molar-refractivity contribution in [2.24, 2.45) is 0 Å². The van der Waals surface area contributed by atoms with Gasteiger partial charge in [0.05, 0.1) is 13.3 Å². The third-order valence-electron chi connectivity index (χ3n) is 2.88. The quantitative estimate of drug-likeness (QED) is 0.926. The van der Waals surface area contributed by atoms with Gasteiger partial charge in [0.2, 0.25) is 6.79 Å². The van der Waals surface area contributed by atoms with Gasteiger partial charge in [0, 0.05) is 17.8 Å². The molecule has 3 rings (SSSR count). The second kappa shape index (κ2) is 5.08. The van der Waals surface area contributed by atoms with E-state index < -0.39 is 0 Å². The first-order valence-electron chi connectivity index (χ1n) is 5.97. The maximum Gasteiger partial charge on any atom is 0.255 e. The maximum atomic E-state index is 12.2. The van der Waals surface area contributed by atoms with Crippen LogP contribution in [0, 0.1) is 0 Å². The van der Waals surface area contributed by atoms with E-state index >= 15 is 0 Å². The van der Waals surface area contributed by atoms with E-state index in [0.29, 0.717) is 28.5 Å². The van der Waals surface area contributed by atoms with Crippen molar-refractivity contribution < 1.29 is 19.0 Å². The number of amides is 1. The predicted molar refractivity (Wildman–Crippen MR) is 71.3 cm³/mol. The summed E-state index contributed by atoms with van der Waals surface area (Å²) >= 11 is 0. The summed E-state index contributed by atoms with van der Waals surface area (Å²) in [5.74, 6) is 1.49. The van der Waals surface area contributed by atoms with Crippen molar-refractivity contribution in [1.82, 2.24) is 4.98 Å². The van der Waals surface area contributed by atoms with Crippen LogP contribution < -0.4 is 19.5 Å². The van der Waals surface area contributed by atoms with Gasteiger partial charge in [0.1, 0.15) is 11.4 Å². The van der Waals surface area contributed by atoms with E-state index in [0.717, 1.165) is 0 Å². The third kappa shape index (κ3) is 2.23. The SMILES string of the molecule is COc1ccncc1NC(=O)c1ccc2c(c1)OCO2. The number of carbonyl (C=O) groups is 1. The van der Waals surface area contributed by atoms with Crippen LogP contribution in [0.3, 0.4) is 0 Å². The van der Waals surface area contributed by atoms with Crippen molar-refractivity contribution >= 4 is 11.6 Å². The van der Waals surface area contributed by atoms with E-state index in [1.165, 1.54) is 13.3 Å². The summed E-state index contributed by atoms with van der Waals surface area (Å²) in [6.45, 7) is 0.177. The molecule has 0 atom stereocenters. The Balaban J connectivity index is 1.83. The van der Waals surface area contributed by atoms with Crippen molar-refractivity contribution in [3.63, 3.8) is 0 Å². The third-order valence-corrected chi connectivity index (χ3v) is 2.88. The molecule has 1 aliphatic rings. The minimum absolute atomic E-state index is 0.177. The molecule has 0 bridgehead atoms. The zero-order valence-corrected chi connectivity index (χ0v) is 10.8. The number of ether oxygens (including phenoxy) is 3. The molecule has 1 aliphatic heterocycles. The number of pyridine rings is 1. The Kier molecular flexibility index (Phi) is 3.12. The van der Waals surface area contributed by atoms with Gasteiger partial charge in [-0.2, -0.15) is 0 Å². The molecule has 1 amide bonds. The highest BCUT2D eigenvalue weighted by Gasteiger charge is 2.17. The number of rotatable bonds is 3. The molecule has 6 heteroatoms. The highest BCUT2D eigenvalue weighted by molar-refractivity contribution is 6.05. The Bertz CT molecular complexity index is 657. The van der Waals surface area contributed by atoms with Crippen LogP contribution in [0.5, 0.6) is 17.2 Å². The normalized spacial score (nSPS) is 12.1. The van der Waals surface area contributed by atoms with Crippen LogP contribution in [-0.2, 0) is 0 Å². The topological polar surface area (TPSA) is 69.7 Å². The molecule has 0 spiro atoms. The van der Waals surface area contributed by atoms with E-state index in [1.54, 1.807) is 30.5 Å². The van der Waals surface area contributed by atoms with Crippen molar-refractivity contribution in [3.05, 3.63) is 42.2 Å². The van der Waals surface area contributed by atoms with E-state index in [4.69, 9.17) is 14.2 Å². The number of carbonyl (C=O) groups excluding carboxylic acids is 1. The Labute approximate surface area is 115 Å². The monoisotopic (exact) mass is 272 g/mol. The first kappa shape index (κ1) is 12.3. The van der Waals surface area contributed by atoms with Gasteiger partial charge in [-0.15, -0.1) is 0 Å². The zero-order chi connectivity index (χ0) is 13.9. The van der Waals surface area contributed by atoms with Gasteiger partial charge in [-0.05, 0) is 18.2 Å². The molecule has 2 heterocycles. The van der Waals surface area contributed by atoms with Gasteiger partial charge in [-0.1, -0.05) is 0 Å². The number of nitrogens with zero attached hydrogens (tertiary/aromatic N) is 1. The summed E-state index contributed by atoms with van der Waals surface area (Å²) in [5, 5.41) is 2.75. The Morgan fingerprint density at radius 3 is 3.00 bits per heavy atom. The number of hydrogen-bond donors (Lipinski definition) is 1. The van der Waals surface area contributed by atoms with E-state index in [-0.39, 0.29) is 12.7 Å². The second-order valence-corrected chi connectivity index (χ2v) is 4.10. The molecule has 0 radical (unpaired) electrons. The van der Waals surface area contributed by atoms with Crippen LogP contribution in [0.15, 0.2) is 36.7 Å². The maximum absolute atomic E-state index is 12.2. The molecule has 102 valence electrons. The number of benzene rings is 1. The van der Waals surface area contributed by atoms with Crippen molar-refractivity contribution in [1.29, 1.82) is 0 Å². The molecule has 1 N–H and O–H groups in total. The summed E-state index contributed by atoms with van der Waals surface area (Å²) in [6.07, 6.45) is 3.12. The Morgan fingerprint density at radius 2 is 2.15 bits per heavy atom. The number of nitrogens with one attached hydrogen (secondary N) is 1. The Morgan fingerprint density at radius 1 is 1.30 bits per heavy atom. The van der Waals surface area contributed by atoms with E-state index in [2.05, 4.69) is 10.3 Å². The van der Waals surface area contributed by atoms with Gasteiger partial charge >= 0.3 is 0 Å². The summed E-state index contributed by atoms with van der Waals surface area (Å²) in [4.78, 5) is 16.1. The van der Waals surface area contributed by atoms with Gasteiger partial charge in [0.25, 0.3) is 5.91 Å². The molecular formula is C14H12N2O4. The van der Waals surface area contributed by atoms with Crippen LogP contribution in [0.2, 0.25) is 0 Å². The first-order chi connectivity index (χ1) is 9.78. The zero-order valence-electron chi connectivity index (χ0n) is 10.8. The minimum Gasteiger partial charge on any atom is -0.494 e. The number of hydrogen-bond acceptors (Lipinski definition) is 5. The van der Waals surface area contributed by atoms with E-state index in [1.807, 2.05) is 0 Å². The van der Waals surface area contributed by atoms with Crippen molar-refractivity contribution in [2.75, 3.05) is 19.2 Å². The minimum atomic E-state index is -0.269. The molecule has 0 unspecified atom stereocenters. The molecule has 0 fully saturated rings. The number of aromatic nitrogens is 1. The predicted octanol–water partition coefficient (Wildman–Crippen LogP) is 2.07. The standard InChI is InChI=1S/C14H12N2O4/c1-18-11-4-5-15-7-10(11)16-14(17)9-2-3-12-13(6-9)20-8-19-12/h2-7H,8H2,1H3,(H,16,17). The van der Waals surface area contributed by atoms with Crippen LogP contribution in [0.4, 0.5) is 5.69 Å². The van der Waals surface area contributed by atoms with Gasteiger partial charge in [0.15, 0.2) is 11.5 Å². The van der Waals surface area contributed by atoms with E-state index in [9.17, 15) is 4.79 Å². The summed E-state index contributed by atoms with van der Waals surface area (Å²) < 4.78 is 15.6. The number of methoxy groups -OCH3 is 1. The summed E-state index contributed by atoms with van der Waals surface area (Å²) in [7, 11) is 1.53. The lowest BCUT2D eigenvalue weighted by molar-refractivity contribution is 0.102. The van der Waals surface area contributed by atoms with Gasteiger partial charge < -0.3 is 19.5 Å². The molecule has 20 heavy (non-hydrogen) atoms. The lowest BCUT2D eigenvalue weighted by Gasteiger charge is -2.09. The average Bonchev–Trinajstić information content (AvgIpc) is 2.95. The molecule has 0 aliphatic carbocycles. The largest absolute Gasteiger partial charge is 0.494 e. The lowest BCUT2D eigenvalue weighted by atomic mass is 10.2. The summed E-state index contributed by atoms with van der Waals surface area (Å²) in [5.41, 5.74) is 0.984. The lowest BCUT2D eigenvalue weighted by Crippen LogP contribution is -2.12. The number of anilines is 1. The molecule has 0 saturated heterocycles. The second-order valence-electron chi connectivity index (χ2n) is 4.10. The number of fused-ring (bicyclic) bond motifs is 1. The first-order valence-corrected chi connectivity index (χ1v) is 5.97.